The molecule has 0 atom stereocenters. The zero-order chi connectivity index (χ0) is 13.9. The van der Waals surface area contributed by atoms with Crippen LogP contribution < -0.4 is 0 Å². The molecule has 2 rings (SSSR count). The van der Waals surface area contributed by atoms with Gasteiger partial charge in [0.15, 0.2) is 0 Å². The highest BCUT2D eigenvalue weighted by Gasteiger charge is 2.26. The maximum absolute atomic E-state index is 12.0. The topological polar surface area (TPSA) is 29.5 Å². The monoisotopic (exact) mass is 265 g/mol. The highest BCUT2D eigenvalue weighted by Crippen LogP contribution is 2.32. The Morgan fingerprint density at radius 2 is 1.95 bits per heavy atom. The highest BCUT2D eigenvalue weighted by atomic mass is 16.6. The molecule has 1 amide bonds. The molecule has 108 valence electrons. The SMILES string of the molecule is CC(C)(C)OC(=O)N1CC=C(C2CCCCC2)CC1. The van der Waals surface area contributed by atoms with Crippen LogP contribution in [0.5, 0.6) is 0 Å². The predicted octanol–water partition coefficient (Wildman–Crippen LogP) is 4.13. The van der Waals surface area contributed by atoms with Gasteiger partial charge in [-0.3, -0.25) is 0 Å². The van der Waals surface area contributed by atoms with Crippen molar-refractivity contribution in [3.8, 4) is 0 Å². The molecule has 0 N–H and O–H groups in total. The Hall–Kier alpha value is -0.990. The molecular weight excluding hydrogens is 238 g/mol. The van der Waals surface area contributed by atoms with Gasteiger partial charge in [0.1, 0.15) is 5.60 Å². The van der Waals surface area contributed by atoms with Crippen LogP contribution in [0.3, 0.4) is 0 Å². The van der Waals surface area contributed by atoms with Gasteiger partial charge in [-0.1, -0.05) is 30.9 Å². The quantitative estimate of drug-likeness (QED) is 0.667. The second-order valence-corrected chi connectivity index (χ2v) is 6.79. The maximum atomic E-state index is 12.0. The normalized spacial score (nSPS) is 22.1. The van der Waals surface area contributed by atoms with E-state index in [0.717, 1.165) is 25.4 Å². The molecule has 0 aromatic heterocycles. The van der Waals surface area contributed by atoms with Crippen molar-refractivity contribution < 1.29 is 9.53 Å². The number of carbonyl (C=O) groups is 1. The average molecular weight is 265 g/mol. The second kappa shape index (κ2) is 5.98. The average Bonchev–Trinajstić information content (AvgIpc) is 2.38. The van der Waals surface area contributed by atoms with Gasteiger partial charge in [-0.2, -0.15) is 0 Å². The molecule has 1 saturated carbocycles. The van der Waals surface area contributed by atoms with Crippen molar-refractivity contribution in [2.45, 2.75) is 64.9 Å². The van der Waals surface area contributed by atoms with Crippen LogP contribution >= 0.6 is 0 Å². The van der Waals surface area contributed by atoms with Crippen LogP contribution in [0.1, 0.15) is 59.3 Å². The van der Waals surface area contributed by atoms with E-state index in [1.807, 2.05) is 25.7 Å². The Labute approximate surface area is 117 Å². The summed E-state index contributed by atoms with van der Waals surface area (Å²) < 4.78 is 5.42. The largest absolute Gasteiger partial charge is 0.444 e. The highest BCUT2D eigenvalue weighted by molar-refractivity contribution is 5.68. The number of amides is 1. The molecule has 19 heavy (non-hydrogen) atoms. The summed E-state index contributed by atoms with van der Waals surface area (Å²) in [5.74, 6) is 0.787. The number of hydrogen-bond donors (Lipinski definition) is 0. The molecule has 3 heteroatoms. The maximum Gasteiger partial charge on any atom is 0.410 e. The number of nitrogens with zero attached hydrogens (tertiary/aromatic N) is 1. The third-order valence-corrected chi connectivity index (χ3v) is 4.03. The van der Waals surface area contributed by atoms with Gasteiger partial charge in [-0.05, 0) is 46.0 Å². The summed E-state index contributed by atoms with van der Waals surface area (Å²) >= 11 is 0. The van der Waals surface area contributed by atoms with Gasteiger partial charge in [0, 0.05) is 13.1 Å². The fourth-order valence-electron chi connectivity index (χ4n) is 3.02. The van der Waals surface area contributed by atoms with Crippen molar-refractivity contribution in [3.63, 3.8) is 0 Å². The molecular formula is C16H27NO2. The zero-order valence-corrected chi connectivity index (χ0v) is 12.6. The summed E-state index contributed by atoms with van der Waals surface area (Å²) in [6, 6.07) is 0. The van der Waals surface area contributed by atoms with Crippen molar-refractivity contribution in [1.29, 1.82) is 0 Å². The summed E-state index contributed by atoms with van der Waals surface area (Å²) in [4.78, 5) is 13.8. The molecule has 1 heterocycles. The lowest BCUT2D eigenvalue weighted by Gasteiger charge is -2.32. The second-order valence-electron chi connectivity index (χ2n) is 6.79. The van der Waals surface area contributed by atoms with Gasteiger partial charge < -0.3 is 9.64 Å². The molecule has 0 spiro atoms. The molecule has 0 aromatic carbocycles. The summed E-state index contributed by atoms with van der Waals surface area (Å²) in [7, 11) is 0. The van der Waals surface area contributed by atoms with Gasteiger partial charge in [0.2, 0.25) is 0 Å². The molecule has 3 nitrogen and oxygen atoms in total. The smallest absolute Gasteiger partial charge is 0.410 e. The van der Waals surface area contributed by atoms with Crippen molar-refractivity contribution in [2.24, 2.45) is 5.92 Å². The molecule has 1 fully saturated rings. The van der Waals surface area contributed by atoms with Crippen LogP contribution in [0, 0.1) is 5.92 Å². The number of rotatable bonds is 1. The third-order valence-electron chi connectivity index (χ3n) is 4.03. The minimum absolute atomic E-state index is 0.175. The fraction of sp³-hybridized carbons (Fsp3) is 0.812. The first-order chi connectivity index (χ1) is 8.96. The summed E-state index contributed by atoms with van der Waals surface area (Å²) in [5.41, 5.74) is 1.18. The molecule has 0 saturated heterocycles. The standard InChI is InChI=1S/C16H27NO2/c1-16(2,3)19-15(18)17-11-9-14(10-12-17)13-7-5-4-6-8-13/h9,13H,4-8,10-12H2,1-3H3. The van der Waals surface area contributed by atoms with Crippen LogP contribution in [0.25, 0.3) is 0 Å². The van der Waals surface area contributed by atoms with Crippen LogP contribution in [-0.2, 0) is 4.74 Å². The Morgan fingerprint density at radius 1 is 1.26 bits per heavy atom. The van der Waals surface area contributed by atoms with Gasteiger partial charge in [0.25, 0.3) is 0 Å². The van der Waals surface area contributed by atoms with E-state index >= 15 is 0 Å². The first-order valence-electron chi connectivity index (χ1n) is 7.62. The van der Waals surface area contributed by atoms with Crippen molar-refractivity contribution in [1.82, 2.24) is 4.90 Å². The lowest BCUT2D eigenvalue weighted by atomic mass is 9.81. The fourth-order valence-corrected chi connectivity index (χ4v) is 3.02. The van der Waals surface area contributed by atoms with Gasteiger partial charge in [-0.15, -0.1) is 0 Å². The van der Waals surface area contributed by atoms with Crippen LogP contribution in [-0.4, -0.2) is 29.7 Å². The molecule has 1 aliphatic carbocycles. The minimum Gasteiger partial charge on any atom is -0.444 e. The first-order valence-corrected chi connectivity index (χ1v) is 7.62. The van der Waals surface area contributed by atoms with Gasteiger partial charge in [-0.25, -0.2) is 4.79 Å². The molecule has 0 bridgehead atoms. The van der Waals surface area contributed by atoms with Crippen LogP contribution in [0.15, 0.2) is 11.6 Å². The van der Waals surface area contributed by atoms with E-state index in [2.05, 4.69) is 6.08 Å². The van der Waals surface area contributed by atoms with E-state index in [0.29, 0.717) is 0 Å². The van der Waals surface area contributed by atoms with Crippen LogP contribution in [0.2, 0.25) is 0 Å². The Morgan fingerprint density at radius 3 is 2.47 bits per heavy atom. The molecule has 0 radical (unpaired) electrons. The Bertz CT molecular complexity index is 348. The van der Waals surface area contributed by atoms with E-state index < -0.39 is 5.60 Å². The number of ether oxygens (including phenoxy) is 1. The Balaban J connectivity index is 1.86. The van der Waals surface area contributed by atoms with E-state index in [-0.39, 0.29) is 6.09 Å². The number of hydrogen-bond acceptors (Lipinski definition) is 2. The molecule has 1 aliphatic heterocycles. The summed E-state index contributed by atoms with van der Waals surface area (Å²) in [5, 5.41) is 0. The summed E-state index contributed by atoms with van der Waals surface area (Å²) in [6.07, 6.45) is 9.96. The van der Waals surface area contributed by atoms with E-state index in [1.165, 1.54) is 32.1 Å². The molecule has 2 aliphatic rings. The summed E-state index contributed by atoms with van der Waals surface area (Å²) in [6.45, 7) is 7.28. The van der Waals surface area contributed by atoms with E-state index in [1.54, 1.807) is 5.57 Å². The third kappa shape index (κ3) is 4.26. The predicted molar refractivity (Wildman–Crippen MR) is 77.1 cm³/mol. The van der Waals surface area contributed by atoms with E-state index in [9.17, 15) is 4.79 Å². The lowest BCUT2D eigenvalue weighted by Crippen LogP contribution is -2.39. The minimum atomic E-state index is -0.398. The molecule has 0 unspecified atom stereocenters. The number of carbonyl (C=O) groups excluding carboxylic acids is 1. The van der Waals surface area contributed by atoms with Gasteiger partial charge in [0.05, 0.1) is 0 Å². The lowest BCUT2D eigenvalue weighted by molar-refractivity contribution is 0.0263. The van der Waals surface area contributed by atoms with E-state index in [4.69, 9.17) is 4.74 Å². The molecule has 0 aromatic rings. The van der Waals surface area contributed by atoms with Crippen molar-refractivity contribution >= 4 is 6.09 Å². The van der Waals surface area contributed by atoms with Crippen molar-refractivity contribution in [2.75, 3.05) is 13.1 Å². The zero-order valence-electron chi connectivity index (χ0n) is 12.6. The van der Waals surface area contributed by atoms with Crippen LogP contribution in [0.4, 0.5) is 4.79 Å². The van der Waals surface area contributed by atoms with Gasteiger partial charge >= 0.3 is 6.09 Å². The Kier molecular flexibility index (Phi) is 4.54. The van der Waals surface area contributed by atoms with Crippen molar-refractivity contribution in [3.05, 3.63) is 11.6 Å². The first kappa shape index (κ1) is 14.4.